The van der Waals surface area contributed by atoms with Gasteiger partial charge in [-0.3, -0.25) is 9.48 Å². The zero-order valence-electron chi connectivity index (χ0n) is 14.2. The molecule has 24 heavy (non-hydrogen) atoms. The van der Waals surface area contributed by atoms with E-state index in [-0.39, 0.29) is 18.1 Å². The van der Waals surface area contributed by atoms with Gasteiger partial charge in [0.15, 0.2) is 5.69 Å². The third-order valence-corrected chi connectivity index (χ3v) is 3.77. The van der Waals surface area contributed by atoms with Crippen LogP contribution < -0.4 is 5.32 Å². The first-order chi connectivity index (χ1) is 11.3. The van der Waals surface area contributed by atoms with Gasteiger partial charge in [0.2, 0.25) is 0 Å². The van der Waals surface area contributed by atoms with Crippen molar-refractivity contribution in [3.63, 3.8) is 0 Å². The molecule has 0 aliphatic carbocycles. The van der Waals surface area contributed by atoms with Crippen LogP contribution in [0.1, 0.15) is 43.2 Å². The van der Waals surface area contributed by atoms with Crippen LogP contribution in [-0.2, 0) is 12.1 Å². The number of hydrogen-bond donors (Lipinski definition) is 2. The van der Waals surface area contributed by atoms with Crippen LogP contribution in [0.3, 0.4) is 0 Å². The van der Waals surface area contributed by atoms with E-state index in [1.54, 1.807) is 17.8 Å². The number of carbonyl (C=O) groups excluding carboxylic acids is 1. The Bertz CT molecular complexity index is 680. The van der Waals surface area contributed by atoms with E-state index in [4.69, 9.17) is 0 Å². The van der Waals surface area contributed by atoms with Crippen LogP contribution in [0.15, 0.2) is 30.5 Å². The van der Waals surface area contributed by atoms with Crippen LogP contribution in [0.4, 0.5) is 4.39 Å². The first kappa shape index (κ1) is 18.1. The summed E-state index contributed by atoms with van der Waals surface area (Å²) in [5.74, 6) is -0.248. The molecule has 130 valence electrons. The molecule has 0 saturated heterocycles. The highest BCUT2D eigenvalue weighted by Gasteiger charge is 2.24. The maximum atomic E-state index is 13.0. The number of benzene rings is 1. The van der Waals surface area contributed by atoms with Gasteiger partial charge in [-0.1, -0.05) is 31.2 Å². The Labute approximate surface area is 140 Å². The van der Waals surface area contributed by atoms with Gasteiger partial charge in [-0.2, -0.15) is 0 Å². The molecule has 0 aliphatic rings. The van der Waals surface area contributed by atoms with Gasteiger partial charge >= 0.3 is 0 Å². The quantitative estimate of drug-likeness (QED) is 0.813. The number of halogens is 1. The topological polar surface area (TPSA) is 80.0 Å². The lowest BCUT2D eigenvalue weighted by molar-refractivity contribution is 0.0524. The largest absolute Gasteiger partial charge is 0.384 e. The smallest absolute Gasteiger partial charge is 0.273 e. The second kappa shape index (κ2) is 7.53. The third kappa shape index (κ3) is 4.86. The molecule has 0 spiro atoms. The number of nitrogens with one attached hydrogen (secondary N) is 1. The molecule has 1 heterocycles. The zero-order valence-corrected chi connectivity index (χ0v) is 14.2. The summed E-state index contributed by atoms with van der Waals surface area (Å²) >= 11 is 0. The molecule has 2 N–H and O–H groups in total. The lowest BCUT2D eigenvalue weighted by Gasteiger charge is -2.24. The van der Waals surface area contributed by atoms with Crippen molar-refractivity contribution in [2.45, 2.75) is 39.3 Å². The van der Waals surface area contributed by atoms with Gasteiger partial charge in [0.25, 0.3) is 5.91 Å². The molecule has 0 aliphatic heterocycles. The fraction of sp³-hybridized carbons (Fsp3) is 0.471. The van der Waals surface area contributed by atoms with Gasteiger partial charge in [0, 0.05) is 6.54 Å². The molecule has 0 radical (unpaired) electrons. The lowest BCUT2D eigenvalue weighted by Crippen LogP contribution is -2.38. The van der Waals surface area contributed by atoms with Gasteiger partial charge in [-0.05, 0) is 37.0 Å². The van der Waals surface area contributed by atoms with Crippen molar-refractivity contribution in [2.75, 3.05) is 6.54 Å². The molecule has 1 aromatic carbocycles. The fourth-order valence-corrected chi connectivity index (χ4v) is 2.16. The molecule has 2 aromatic rings. The van der Waals surface area contributed by atoms with Crippen molar-refractivity contribution in [2.24, 2.45) is 5.92 Å². The first-order valence-corrected chi connectivity index (χ1v) is 7.94. The number of aromatic nitrogens is 3. The SMILES string of the molecule is CC(C)CCn1cc(C(=O)NCC(C)(O)c2ccc(F)cc2)nn1. The summed E-state index contributed by atoms with van der Waals surface area (Å²) in [6, 6.07) is 5.52. The lowest BCUT2D eigenvalue weighted by atomic mass is 9.96. The van der Waals surface area contributed by atoms with Gasteiger partial charge in [0.1, 0.15) is 11.4 Å². The van der Waals surface area contributed by atoms with E-state index in [1.807, 2.05) is 0 Å². The highest BCUT2D eigenvalue weighted by Crippen LogP contribution is 2.20. The van der Waals surface area contributed by atoms with E-state index in [1.165, 1.54) is 24.3 Å². The predicted molar refractivity (Wildman–Crippen MR) is 87.8 cm³/mol. The minimum Gasteiger partial charge on any atom is -0.384 e. The molecular formula is C17H23FN4O2. The van der Waals surface area contributed by atoms with Crippen LogP contribution >= 0.6 is 0 Å². The molecule has 6 nitrogen and oxygen atoms in total. The number of hydrogen-bond acceptors (Lipinski definition) is 4. The number of aliphatic hydroxyl groups is 1. The Morgan fingerprint density at radius 2 is 2.04 bits per heavy atom. The van der Waals surface area contributed by atoms with Crippen LogP contribution in [0.25, 0.3) is 0 Å². The molecule has 1 atom stereocenters. The maximum absolute atomic E-state index is 13.0. The Hall–Kier alpha value is -2.28. The summed E-state index contributed by atoms with van der Waals surface area (Å²) in [6.45, 7) is 6.46. The Morgan fingerprint density at radius 1 is 1.38 bits per heavy atom. The van der Waals surface area contributed by atoms with E-state index in [0.717, 1.165) is 6.42 Å². The van der Waals surface area contributed by atoms with Gasteiger partial charge in [0.05, 0.1) is 12.7 Å². The summed E-state index contributed by atoms with van der Waals surface area (Å²) in [6.07, 6.45) is 2.54. The van der Waals surface area contributed by atoms with E-state index >= 15 is 0 Å². The molecule has 7 heteroatoms. The second-order valence-electron chi connectivity index (χ2n) is 6.51. The summed E-state index contributed by atoms with van der Waals surface area (Å²) < 4.78 is 14.6. The average Bonchev–Trinajstić information content (AvgIpc) is 3.00. The van der Waals surface area contributed by atoms with E-state index in [9.17, 15) is 14.3 Å². The highest BCUT2D eigenvalue weighted by atomic mass is 19.1. The number of nitrogens with zero attached hydrogens (tertiary/aromatic N) is 3. The summed E-state index contributed by atoms with van der Waals surface area (Å²) in [5, 5.41) is 20.8. The Kier molecular flexibility index (Phi) is 5.66. The van der Waals surface area contributed by atoms with Gasteiger partial charge in [-0.15, -0.1) is 5.10 Å². The first-order valence-electron chi connectivity index (χ1n) is 7.94. The molecular weight excluding hydrogens is 311 g/mol. The minimum absolute atomic E-state index is 0.0175. The molecule has 0 bridgehead atoms. The van der Waals surface area contributed by atoms with Gasteiger partial charge < -0.3 is 10.4 Å². The van der Waals surface area contributed by atoms with Crippen molar-refractivity contribution >= 4 is 5.91 Å². The summed E-state index contributed by atoms with van der Waals surface area (Å²) in [4.78, 5) is 12.1. The summed E-state index contributed by atoms with van der Waals surface area (Å²) in [7, 11) is 0. The fourth-order valence-electron chi connectivity index (χ4n) is 2.16. The molecule has 1 unspecified atom stereocenters. The Balaban J connectivity index is 1.93. The molecule has 0 fully saturated rings. The predicted octanol–water partition coefficient (Wildman–Crippen LogP) is 2.10. The summed E-state index contributed by atoms with van der Waals surface area (Å²) in [5.41, 5.74) is -0.588. The van der Waals surface area contributed by atoms with Crippen LogP contribution in [0.2, 0.25) is 0 Å². The van der Waals surface area contributed by atoms with Crippen molar-refractivity contribution in [1.82, 2.24) is 20.3 Å². The van der Waals surface area contributed by atoms with Crippen LogP contribution in [0.5, 0.6) is 0 Å². The van der Waals surface area contributed by atoms with E-state index in [0.29, 0.717) is 18.0 Å². The normalized spacial score (nSPS) is 13.8. The third-order valence-electron chi connectivity index (χ3n) is 3.77. The minimum atomic E-state index is -1.31. The van der Waals surface area contributed by atoms with E-state index < -0.39 is 11.5 Å². The monoisotopic (exact) mass is 334 g/mol. The number of amides is 1. The molecule has 1 amide bonds. The molecule has 1 aromatic heterocycles. The van der Waals surface area contributed by atoms with Crippen molar-refractivity contribution in [3.05, 3.63) is 47.5 Å². The average molecular weight is 334 g/mol. The van der Waals surface area contributed by atoms with Crippen LogP contribution in [0, 0.1) is 11.7 Å². The molecule has 0 saturated carbocycles. The Morgan fingerprint density at radius 3 is 2.67 bits per heavy atom. The number of rotatable bonds is 7. The second-order valence-corrected chi connectivity index (χ2v) is 6.51. The maximum Gasteiger partial charge on any atom is 0.273 e. The van der Waals surface area contributed by atoms with Crippen molar-refractivity contribution in [3.8, 4) is 0 Å². The highest BCUT2D eigenvalue weighted by molar-refractivity contribution is 5.91. The van der Waals surface area contributed by atoms with Crippen LogP contribution in [-0.4, -0.2) is 32.6 Å². The van der Waals surface area contributed by atoms with Gasteiger partial charge in [-0.25, -0.2) is 4.39 Å². The van der Waals surface area contributed by atoms with E-state index in [2.05, 4.69) is 29.5 Å². The zero-order chi connectivity index (χ0) is 17.7. The van der Waals surface area contributed by atoms with Crippen molar-refractivity contribution < 1.29 is 14.3 Å². The number of aryl methyl sites for hydroxylation is 1. The number of carbonyl (C=O) groups is 1. The standard InChI is InChI=1S/C17H23FN4O2/c1-12(2)8-9-22-10-15(20-21-22)16(23)19-11-17(3,24)13-4-6-14(18)7-5-13/h4-7,10,12,24H,8-9,11H2,1-3H3,(H,19,23). The molecule has 2 rings (SSSR count). The van der Waals surface area contributed by atoms with Crippen molar-refractivity contribution in [1.29, 1.82) is 0 Å².